The number of H-pyrrole nitrogens is 1. The first-order chi connectivity index (χ1) is 9.87. The maximum absolute atomic E-state index is 12.2. The van der Waals surface area contributed by atoms with E-state index in [4.69, 9.17) is 11.6 Å². The quantitative estimate of drug-likeness (QED) is 0.881. The molecule has 0 radical (unpaired) electrons. The van der Waals surface area contributed by atoms with Crippen molar-refractivity contribution in [2.24, 2.45) is 0 Å². The van der Waals surface area contributed by atoms with Crippen LogP contribution in [0.3, 0.4) is 0 Å². The van der Waals surface area contributed by atoms with E-state index in [1.165, 1.54) is 6.33 Å². The molecule has 114 valence electrons. The molecule has 0 aromatic carbocycles. The van der Waals surface area contributed by atoms with E-state index in [1.807, 2.05) is 0 Å². The highest BCUT2D eigenvalue weighted by Crippen LogP contribution is 2.19. The first kappa shape index (κ1) is 15.4. The highest BCUT2D eigenvalue weighted by Gasteiger charge is 2.29. The number of halogens is 4. The largest absolute Gasteiger partial charge is 0.408 e. The number of nitrogens with zero attached hydrogens (tertiary/aromatic N) is 3. The maximum Gasteiger partial charge on any atom is 0.408 e. The van der Waals surface area contributed by atoms with Gasteiger partial charge in [-0.3, -0.25) is 4.79 Å². The molecule has 2 N–H and O–H groups in total. The van der Waals surface area contributed by atoms with Gasteiger partial charge in [0.25, 0.3) is 5.56 Å². The van der Waals surface area contributed by atoms with Crippen LogP contribution in [-0.2, 0) is 13.0 Å². The number of hydrogen-bond acceptors (Lipinski definition) is 4. The number of rotatable bonds is 5. The Morgan fingerprint density at radius 2 is 2.14 bits per heavy atom. The molecule has 2 aromatic rings. The zero-order valence-corrected chi connectivity index (χ0v) is 11.4. The minimum Gasteiger partial charge on any atom is -0.382 e. The van der Waals surface area contributed by atoms with Crippen LogP contribution in [0.15, 0.2) is 23.5 Å². The maximum atomic E-state index is 12.2. The monoisotopic (exact) mass is 321 g/mol. The van der Waals surface area contributed by atoms with Crippen LogP contribution >= 0.6 is 11.6 Å². The lowest BCUT2D eigenvalue weighted by Gasteiger charge is -2.11. The molecule has 0 spiro atoms. The van der Waals surface area contributed by atoms with Crippen LogP contribution in [-0.4, -0.2) is 32.5 Å². The van der Waals surface area contributed by atoms with Crippen molar-refractivity contribution in [3.63, 3.8) is 0 Å². The van der Waals surface area contributed by atoms with Gasteiger partial charge in [0.05, 0.1) is 18.2 Å². The van der Waals surface area contributed by atoms with Crippen molar-refractivity contribution >= 4 is 17.3 Å². The Hall–Kier alpha value is -2.03. The van der Waals surface area contributed by atoms with Gasteiger partial charge < -0.3 is 10.3 Å². The fourth-order valence-corrected chi connectivity index (χ4v) is 1.84. The Labute approximate surface area is 122 Å². The second kappa shape index (κ2) is 6.17. The van der Waals surface area contributed by atoms with Crippen LogP contribution in [0.1, 0.15) is 5.69 Å². The van der Waals surface area contributed by atoms with Crippen LogP contribution in [0.2, 0.25) is 5.02 Å². The van der Waals surface area contributed by atoms with Crippen LogP contribution in [0.4, 0.5) is 18.9 Å². The third-order valence-corrected chi connectivity index (χ3v) is 2.94. The molecule has 0 bridgehead atoms. The molecule has 2 rings (SSSR count). The molecule has 0 fully saturated rings. The van der Waals surface area contributed by atoms with Gasteiger partial charge in [-0.15, -0.1) is 0 Å². The molecule has 0 unspecified atom stereocenters. The third kappa shape index (κ3) is 4.22. The highest BCUT2D eigenvalue weighted by atomic mass is 35.5. The lowest BCUT2D eigenvalue weighted by atomic mass is 10.3. The molecule has 0 saturated carbocycles. The number of hydrogen-bond donors (Lipinski definition) is 2. The predicted octanol–water partition coefficient (Wildman–Crippen LogP) is 1.84. The third-order valence-electron chi connectivity index (χ3n) is 2.58. The second-order valence-electron chi connectivity index (χ2n) is 4.20. The van der Waals surface area contributed by atoms with Gasteiger partial charge >= 0.3 is 6.18 Å². The van der Waals surface area contributed by atoms with Gasteiger partial charge in [-0.05, 0) is 0 Å². The summed E-state index contributed by atoms with van der Waals surface area (Å²) in [5.41, 5.74) is 0.0807. The minimum atomic E-state index is -4.53. The number of aromatic amines is 1. The Morgan fingerprint density at radius 3 is 2.76 bits per heavy atom. The Morgan fingerprint density at radius 1 is 1.38 bits per heavy atom. The molecule has 0 saturated heterocycles. The summed E-state index contributed by atoms with van der Waals surface area (Å²) in [6.45, 7) is -1.05. The molecule has 0 aliphatic rings. The van der Waals surface area contributed by atoms with Gasteiger partial charge in [-0.25, -0.2) is 9.67 Å². The first-order valence-corrected chi connectivity index (χ1v) is 6.28. The highest BCUT2D eigenvalue weighted by molar-refractivity contribution is 6.32. The molecule has 0 aliphatic carbocycles. The molecule has 21 heavy (non-hydrogen) atoms. The van der Waals surface area contributed by atoms with E-state index in [0.717, 1.165) is 11.9 Å². The van der Waals surface area contributed by atoms with Gasteiger partial charge in [0.2, 0.25) is 0 Å². The number of nitrogens with one attached hydrogen (secondary N) is 2. The van der Waals surface area contributed by atoms with Gasteiger partial charge in [0.1, 0.15) is 11.6 Å². The SMILES string of the molecule is O=c1c(Cl)c(NCCc2cnc[nH]2)cnn1CC(F)(F)F. The van der Waals surface area contributed by atoms with E-state index in [1.54, 1.807) is 6.20 Å². The van der Waals surface area contributed by atoms with Gasteiger partial charge in [0, 0.05) is 24.9 Å². The summed E-state index contributed by atoms with van der Waals surface area (Å²) < 4.78 is 37.0. The summed E-state index contributed by atoms with van der Waals surface area (Å²) in [6.07, 6.45) is 0.325. The molecule has 10 heteroatoms. The van der Waals surface area contributed by atoms with Crippen LogP contribution in [0, 0.1) is 0 Å². The molecule has 2 aromatic heterocycles. The van der Waals surface area contributed by atoms with E-state index in [0.29, 0.717) is 13.0 Å². The normalized spacial score (nSPS) is 11.6. The van der Waals surface area contributed by atoms with E-state index in [9.17, 15) is 18.0 Å². The number of imidazole rings is 1. The van der Waals surface area contributed by atoms with Gasteiger partial charge in [-0.1, -0.05) is 11.6 Å². The standard InChI is InChI=1S/C11H11ClF3N5O/c12-9-8(17-2-1-7-3-16-6-18-7)4-19-20(10(9)21)5-11(13,14)15/h3-4,6,17H,1-2,5H2,(H,16,18). The van der Waals surface area contributed by atoms with Gasteiger partial charge in [-0.2, -0.15) is 18.3 Å². The predicted molar refractivity (Wildman–Crippen MR) is 70.3 cm³/mol. The van der Waals surface area contributed by atoms with E-state index < -0.39 is 18.3 Å². The average molecular weight is 322 g/mol. The van der Waals surface area contributed by atoms with Crippen molar-refractivity contribution in [1.82, 2.24) is 19.7 Å². The summed E-state index contributed by atoms with van der Waals surface area (Å²) in [7, 11) is 0. The van der Waals surface area contributed by atoms with Crippen molar-refractivity contribution in [2.75, 3.05) is 11.9 Å². The molecule has 2 heterocycles. The fraction of sp³-hybridized carbons (Fsp3) is 0.364. The van der Waals surface area contributed by atoms with Crippen molar-refractivity contribution < 1.29 is 13.2 Å². The second-order valence-corrected chi connectivity index (χ2v) is 4.58. The first-order valence-electron chi connectivity index (χ1n) is 5.90. The zero-order valence-electron chi connectivity index (χ0n) is 10.6. The Balaban J connectivity index is 2.04. The fourth-order valence-electron chi connectivity index (χ4n) is 1.62. The number of aromatic nitrogens is 4. The van der Waals surface area contributed by atoms with Crippen LogP contribution < -0.4 is 10.9 Å². The molecule has 0 aliphatic heterocycles. The van der Waals surface area contributed by atoms with Crippen molar-refractivity contribution in [2.45, 2.75) is 19.1 Å². The molecule has 0 amide bonds. The molecule has 6 nitrogen and oxygen atoms in total. The van der Waals surface area contributed by atoms with Crippen molar-refractivity contribution in [3.8, 4) is 0 Å². The average Bonchev–Trinajstić information content (AvgIpc) is 2.89. The number of anilines is 1. The van der Waals surface area contributed by atoms with Crippen molar-refractivity contribution in [3.05, 3.63) is 39.8 Å². The molecule has 0 atom stereocenters. The summed E-state index contributed by atoms with van der Waals surface area (Å²) in [5.74, 6) is 0. The van der Waals surface area contributed by atoms with Gasteiger partial charge in [0.15, 0.2) is 0 Å². The topological polar surface area (TPSA) is 75.6 Å². The smallest absolute Gasteiger partial charge is 0.382 e. The minimum absolute atomic E-state index is 0.194. The molecular formula is C11H11ClF3N5O. The molecular weight excluding hydrogens is 311 g/mol. The van der Waals surface area contributed by atoms with Crippen molar-refractivity contribution in [1.29, 1.82) is 0 Å². The van der Waals surface area contributed by atoms with E-state index in [-0.39, 0.29) is 15.4 Å². The van der Waals surface area contributed by atoms with E-state index in [2.05, 4.69) is 20.4 Å². The van der Waals surface area contributed by atoms with Crippen LogP contribution in [0.25, 0.3) is 0 Å². The lowest BCUT2D eigenvalue weighted by molar-refractivity contribution is -0.143. The Bertz CT molecular complexity index is 653. The summed E-state index contributed by atoms with van der Waals surface area (Å²) in [6, 6.07) is 0. The summed E-state index contributed by atoms with van der Waals surface area (Å²) >= 11 is 5.76. The summed E-state index contributed by atoms with van der Waals surface area (Å²) in [4.78, 5) is 18.4. The number of alkyl halides is 3. The summed E-state index contributed by atoms with van der Waals surface area (Å²) in [5, 5.41) is 5.98. The Kier molecular flexibility index (Phi) is 4.51. The van der Waals surface area contributed by atoms with Crippen LogP contribution in [0.5, 0.6) is 0 Å². The zero-order chi connectivity index (χ0) is 15.5. The lowest BCUT2D eigenvalue weighted by Crippen LogP contribution is -2.31. The van der Waals surface area contributed by atoms with E-state index >= 15 is 0 Å².